The van der Waals surface area contributed by atoms with Crippen molar-refractivity contribution >= 4 is 11.4 Å². The Hall–Kier alpha value is -3.17. The van der Waals surface area contributed by atoms with E-state index in [1.165, 1.54) is 22.3 Å². The first-order valence-electron chi connectivity index (χ1n) is 11.7. The highest BCUT2D eigenvalue weighted by Gasteiger charge is 2.23. The van der Waals surface area contributed by atoms with Crippen LogP contribution in [0.1, 0.15) is 60.7 Å². The summed E-state index contributed by atoms with van der Waals surface area (Å²) >= 11 is 0. The number of carbonyl (C=O) groups excluding carboxylic acids is 1. The molecule has 1 aliphatic rings. The highest BCUT2D eigenvalue weighted by molar-refractivity contribution is 5.98. The average Bonchev–Trinajstić information content (AvgIpc) is 2.81. The Morgan fingerprint density at radius 1 is 0.818 bits per heavy atom. The van der Waals surface area contributed by atoms with Gasteiger partial charge in [0.25, 0.3) is 0 Å². The molecule has 3 aromatic rings. The number of benzene rings is 3. The van der Waals surface area contributed by atoms with Gasteiger partial charge in [-0.2, -0.15) is 0 Å². The molecule has 0 saturated carbocycles. The van der Waals surface area contributed by atoms with E-state index < -0.39 is 0 Å². The fraction of sp³-hybridized carbons (Fsp3) is 0.300. The second kappa shape index (κ2) is 9.76. The van der Waals surface area contributed by atoms with E-state index in [0.29, 0.717) is 12.1 Å². The summed E-state index contributed by atoms with van der Waals surface area (Å²) in [4.78, 5) is 15.1. The molecule has 3 nitrogen and oxygen atoms in total. The van der Waals surface area contributed by atoms with Crippen LogP contribution in [0.25, 0.3) is 5.57 Å². The Morgan fingerprint density at radius 3 is 1.85 bits per heavy atom. The monoisotopic (exact) mass is 439 g/mol. The quantitative estimate of drug-likeness (QED) is 0.463. The van der Waals surface area contributed by atoms with Crippen LogP contribution < -0.4 is 0 Å². The summed E-state index contributed by atoms with van der Waals surface area (Å²) in [6, 6.07) is 26.5. The predicted octanol–water partition coefficient (Wildman–Crippen LogP) is 6.47. The van der Waals surface area contributed by atoms with Crippen molar-refractivity contribution in [2.75, 3.05) is 19.6 Å². The Kier molecular flexibility index (Phi) is 6.80. The van der Waals surface area contributed by atoms with Gasteiger partial charge in [-0.3, -0.25) is 9.69 Å². The SMILES string of the molecule is CC(C)(C)c1ccc(C(=O)CN2CCC(=C(c3ccccc3)c3ccccc3)CC2)cc1O. The molecule has 3 aromatic carbocycles. The van der Waals surface area contributed by atoms with E-state index in [1.54, 1.807) is 6.07 Å². The Balaban J connectivity index is 1.48. The molecule has 0 atom stereocenters. The van der Waals surface area contributed by atoms with Crippen molar-refractivity contribution in [3.63, 3.8) is 0 Å². The molecule has 4 rings (SSSR count). The van der Waals surface area contributed by atoms with Gasteiger partial charge in [-0.25, -0.2) is 0 Å². The topological polar surface area (TPSA) is 40.5 Å². The summed E-state index contributed by atoms with van der Waals surface area (Å²) in [5.74, 6) is 0.261. The van der Waals surface area contributed by atoms with E-state index in [2.05, 4.69) is 86.3 Å². The van der Waals surface area contributed by atoms with E-state index in [4.69, 9.17) is 0 Å². The molecule has 0 bridgehead atoms. The zero-order chi connectivity index (χ0) is 23.4. The molecule has 1 N–H and O–H groups in total. The lowest BCUT2D eigenvalue weighted by atomic mass is 9.85. The molecule has 0 aliphatic carbocycles. The fourth-order valence-electron chi connectivity index (χ4n) is 4.65. The number of hydrogen-bond donors (Lipinski definition) is 1. The molecule has 1 fully saturated rings. The summed E-state index contributed by atoms with van der Waals surface area (Å²) in [7, 11) is 0. The van der Waals surface area contributed by atoms with Gasteiger partial charge in [-0.1, -0.05) is 99.1 Å². The maximum Gasteiger partial charge on any atom is 0.176 e. The van der Waals surface area contributed by atoms with Gasteiger partial charge < -0.3 is 5.11 Å². The molecule has 0 radical (unpaired) electrons. The first-order chi connectivity index (χ1) is 15.8. The number of aromatic hydroxyl groups is 1. The second-order valence-electron chi connectivity index (χ2n) is 9.89. The van der Waals surface area contributed by atoms with E-state index in [1.807, 2.05) is 12.1 Å². The lowest BCUT2D eigenvalue weighted by Gasteiger charge is -2.30. The van der Waals surface area contributed by atoms with Crippen LogP contribution in [0.4, 0.5) is 0 Å². The van der Waals surface area contributed by atoms with Crippen LogP contribution >= 0.6 is 0 Å². The largest absolute Gasteiger partial charge is 0.508 e. The number of phenols is 1. The maximum absolute atomic E-state index is 12.9. The van der Waals surface area contributed by atoms with Gasteiger partial charge in [0.2, 0.25) is 0 Å². The lowest BCUT2D eigenvalue weighted by molar-refractivity contribution is 0.0924. The summed E-state index contributed by atoms with van der Waals surface area (Å²) in [6.07, 6.45) is 1.89. The summed E-state index contributed by atoms with van der Waals surface area (Å²) < 4.78 is 0. The summed E-state index contributed by atoms with van der Waals surface area (Å²) in [5.41, 5.74) is 6.55. The molecule has 0 unspecified atom stereocenters. The minimum atomic E-state index is -0.156. The molecular weight excluding hydrogens is 406 g/mol. The number of carbonyl (C=O) groups is 1. The van der Waals surface area contributed by atoms with Crippen molar-refractivity contribution in [2.45, 2.75) is 39.0 Å². The minimum absolute atomic E-state index is 0.0598. The summed E-state index contributed by atoms with van der Waals surface area (Å²) in [5, 5.41) is 10.4. The van der Waals surface area contributed by atoms with Gasteiger partial charge in [0, 0.05) is 18.7 Å². The smallest absolute Gasteiger partial charge is 0.176 e. The molecule has 0 spiro atoms. The molecule has 1 saturated heterocycles. The van der Waals surface area contributed by atoms with Crippen molar-refractivity contribution in [2.24, 2.45) is 0 Å². The standard InChI is InChI=1S/C30H33NO2/c1-30(2,3)26-15-14-25(20-27(26)32)28(33)21-31-18-16-24(17-19-31)29(22-10-6-4-7-11-22)23-12-8-5-9-13-23/h4-15,20,32H,16-19,21H2,1-3H3. The highest BCUT2D eigenvalue weighted by atomic mass is 16.3. The number of phenolic OH excluding ortho intramolecular Hbond substituents is 1. The summed E-state index contributed by atoms with van der Waals surface area (Å²) in [6.45, 7) is 8.27. The number of likely N-dealkylation sites (tertiary alicyclic amines) is 1. The fourth-order valence-corrected chi connectivity index (χ4v) is 4.65. The molecule has 1 heterocycles. The third-order valence-corrected chi connectivity index (χ3v) is 6.43. The Morgan fingerprint density at radius 2 is 1.36 bits per heavy atom. The van der Waals surface area contributed by atoms with E-state index in [9.17, 15) is 9.90 Å². The van der Waals surface area contributed by atoms with E-state index >= 15 is 0 Å². The molecule has 1 aliphatic heterocycles. The first-order valence-corrected chi connectivity index (χ1v) is 11.7. The normalized spacial score (nSPS) is 14.8. The number of piperidine rings is 1. The van der Waals surface area contributed by atoms with Crippen LogP contribution in [-0.4, -0.2) is 35.4 Å². The third-order valence-electron chi connectivity index (χ3n) is 6.43. The minimum Gasteiger partial charge on any atom is -0.508 e. The van der Waals surface area contributed by atoms with Crippen LogP contribution in [0.5, 0.6) is 5.75 Å². The zero-order valence-corrected chi connectivity index (χ0v) is 19.8. The number of Topliss-reactive ketones (excluding diaryl/α,β-unsaturated/α-hetero) is 1. The molecule has 170 valence electrons. The van der Waals surface area contributed by atoms with Crippen molar-refractivity contribution in [3.8, 4) is 5.75 Å². The first kappa shape index (κ1) is 23.0. The van der Waals surface area contributed by atoms with Gasteiger partial charge in [-0.05, 0) is 46.6 Å². The van der Waals surface area contributed by atoms with Crippen molar-refractivity contribution in [1.82, 2.24) is 4.90 Å². The predicted molar refractivity (Wildman–Crippen MR) is 136 cm³/mol. The van der Waals surface area contributed by atoms with Crippen LogP contribution in [0.15, 0.2) is 84.4 Å². The van der Waals surface area contributed by atoms with Crippen LogP contribution in [-0.2, 0) is 5.41 Å². The zero-order valence-electron chi connectivity index (χ0n) is 19.8. The molecule has 33 heavy (non-hydrogen) atoms. The number of hydrogen-bond acceptors (Lipinski definition) is 3. The van der Waals surface area contributed by atoms with Gasteiger partial charge >= 0.3 is 0 Å². The number of nitrogens with zero attached hydrogens (tertiary/aromatic N) is 1. The van der Waals surface area contributed by atoms with Gasteiger partial charge in [-0.15, -0.1) is 0 Å². The van der Waals surface area contributed by atoms with Gasteiger partial charge in [0.15, 0.2) is 5.78 Å². The molecule has 0 amide bonds. The van der Waals surface area contributed by atoms with E-state index in [-0.39, 0.29) is 16.9 Å². The van der Waals surface area contributed by atoms with Crippen molar-refractivity contribution < 1.29 is 9.90 Å². The second-order valence-corrected chi connectivity index (χ2v) is 9.89. The molecule has 0 aromatic heterocycles. The maximum atomic E-state index is 12.9. The lowest BCUT2D eigenvalue weighted by Crippen LogP contribution is -2.35. The van der Waals surface area contributed by atoms with Crippen molar-refractivity contribution in [3.05, 3.63) is 107 Å². The Bertz CT molecular complexity index is 1090. The van der Waals surface area contributed by atoms with Gasteiger partial charge in [0.05, 0.1) is 6.54 Å². The molecular formula is C30H33NO2. The number of ketones is 1. The van der Waals surface area contributed by atoms with Crippen LogP contribution in [0.3, 0.4) is 0 Å². The number of rotatable bonds is 5. The van der Waals surface area contributed by atoms with E-state index in [0.717, 1.165) is 31.5 Å². The van der Waals surface area contributed by atoms with Gasteiger partial charge in [0.1, 0.15) is 5.75 Å². The van der Waals surface area contributed by atoms with Crippen molar-refractivity contribution in [1.29, 1.82) is 0 Å². The van der Waals surface area contributed by atoms with Crippen LogP contribution in [0.2, 0.25) is 0 Å². The highest BCUT2D eigenvalue weighted by Crippen LogP contribution is 2.33. The third kappa shape index (κ3) is 5.43. The van der Waals surface area contributed by atoms with Crippen LogP contribution in [0, 0.1) is 0 Å². The molecule has 3 heteroatoms. The average molecular weight is 440 g/mol. The Labute approximate surface area is 197 Å².